The van der Waals surface area contributed by atoms with Crippen molar-refractivity contribution in [1.29, 1.82) is 0 Å². The van der Waals surface area contributed by atoms with E-state index in [0.29, 0.717) is 0 Å². The number of benzene rings is 8. The Morgan fingerprint density at radius 2 is 0.157 bits per heavy atom. The summed E-state index contributed by atoms with van der Waals surface area (Å²) in [6, 6.07) is -17.6. The predicted molar refractivity (Wildman–Crippen MR) is 300 cm³/mol. The number of hydrogen-bond donors (Lipinski definition) is 0. The van der Waals surface area contributed by atoms with Gasteiger partial charge in [-0.1, -0.05) is 97.1 Å². The standard InChI is InChI=1S/2C32H12BF24.Zn/c2*34-25(35,36)13-1-14(26(37,38)39)6-21(5-13)33(22-7-15(27(40,41)42)2-16(8-22)28(43,44)45,23-9-17(29(46,47)48)3-18(10-23)30(49,50)51)24-11-19(31(52,53)54)4-20(12-24)32(55,56)57;/h2*1-12H;/q2*-1;+2. The third kappa shape index (κ3) is 20.9. The van der Waals surface area contributed by atoms with Gasteiger partial charge in [0.05, 0.1) is 89.0 Å². The van der Waals surface area contributed by atoms with Crippen molar-refractivity contribution in [3.63, 3.8) is 0 Å². The molecule has 624 valence electrons. The van der Waals surface area contributed by atoms with E-state index < -0.39 is 389 Å². The van der Waals surface area contributed by atoms with Gasteiger partial charge in [-0.3, -0.25) is 0 Å². The minimum atomic E-state index is -6.13. The van der Waals surface area contributed by atoms with Crippen molar-refractivity contribution in [1.82, 2.24) is 0 Å². The van der Waals surface area contributed by atoms with Crippen LogP contribution in [-0.2, 0) is 118 Å². The minimum absolute atomic E-state index is 0. The van der Waals surface area contributed by atoms with Gasteiger partial charge in [0.25, 0.3) is 0 Å². The summed E-state index contributed by atoms with van der Waals surface area (Å²) in [5.41, 5.74) is -60.4. The van der Waals surface area contributed by atoms with Gasteiger partial charge in [0.2, 0.25) is 0 Å². The molecule has 0 aromatic heterocycles. The quantitative estimate of drug-likeness (QED) is 0.105. The largest absolute Gasteiger partial charge is 2.00 e. The zero-order valence-corrected chi connectivity index (χ0v) is 56.8. The van der Waals surface area contributed by atoms with Gasteiger partial charge in [0, 0.05) is 0 Å². The molecule has 0 nitrogen and oxygen atoms in total. The van der Waals surface area contributed by atoms with Gasteiger partial charge in [-0.25, -0.2) is 0 Å². The Morgan fingerprint density at radius 3 is 0.200 bits per heavy atom. The predicted octanol–water partition coefficient (Wildman–Crippen LogP) is 22.4. The second-order valence-corrected chi connectivity index (χ2v) is 24.4. The molecule has 8 aromatic rings. The molecule has 0 aliphatic rings. The molecule has 0 aliphatic carbocycles. The average Bonchev–Trinajstić information content (AvgIpc) is 0.711. The molecule has 0 N–H and O–H groups in total. The Morgan fingerprint density at radius 1 is 0.104 bits per heavy atom. The molecule has 0 saturated heterocycles. The van der Waals surface area contributed by atoms with Crippen molar-refractivity contribution in [2.24, 2.45) is 0 Å². The van der Waals surface area contributed by atoms with Gasteiger partial charge < -0.3 is 0 Å². The van der Waals surface area contributed by atoms with E-state index in [1.807, 2.05) is 0 Å². The first-order valence-corrected chi connectivity index (χ1v) is 29.2. The van der Waals surface area contributed by atoms with E-state index in [-0.39, 0.29) is 19.5 Å². The molecule has 115 heavy (non-hydrogen) atoms. The molecule has 0 radical (unpaired) electrons. The van der Waals surface area contributed by atoms with Crippen molar-refractivity contribution in [2.45, 2.75) is 98.8 Å². The van der Waals surface area contributed by atoms with Gasteiger partial charge in [0.1, 0.15) is 12.3 Å². The Labute approximate surface area is 618 Å². The normalized spacial score (nSPS) is 14.2. The second-order valence-electron chi connectivity index (χ2n) is 24.4. The van der Waals surface area contributed by atoms with Gasteiger partial charge in [-0.2, -0.15) is 254 Å². The van der Waals surface area contributed by atoms with Crippen LogP contribution in [0.15, 0.2) is 146 Å². The fourth-order valence-electron chi connectivity index (χ4n) is 12.1. The molecule has 51 heteroatoms. The molecule has 0 heterocycles. The molecule has 0 amide bonds. The summed E-state index contributed by atoms with van der Waals surface area (Å²) in [6.45, 7) is 0. The molecule has 0 aliphatic heterocycles. The first-order chi connectivity index (χ1) is 50.5. The maximum atomic E-state index is 14.2. The Balaban J connectivity index is 0.000000355. The zero-order chi connectivity index (χ0) is 87.8. The second kappa shape index (κ2) is 30.0. The zero-order valence-electron chi connectivity index (χ0n) is 53.9. The average molecular weight is 1790 g/mol. The molecular formula is C64H24B2F48Zn. The third-order valence-corrected chi connectivity index (χ3v) is 16.9. The molecular weight excluding hydrogens is 1770 g/mol. The summed E-state index contributed by atoms with van der Waals surface area (Å²) in [7, 11) is 0. The van der Waals surface area contributed by atoms with Crippen molar-refractivity contribution in [3.8, 4) is 0 Å². The van der Waals surface area contributed by atoms with Crippen LogP contribution in [0.5, 0.6) is 0 Å². The maximum absolute atomic E-state index is 14.2. The molecule has 0 atom stereocenters. The monoisotopic (exact) mass is 1790 g/mol. The van der Waals surface area contributed by atoms with Crippen molar-refractivity contribution >= 4 is 56.0 Å². The maximum Gasteiger partial charge on any atom is 2.00 e. The molecule has 8 aromatic carbocycles. The van der Waals surface area contributed by atoms with E-state index >= 15 is 0 Å². The van der Waals surface area contributed by atoms with E-state index in [1.54, 1.807) is 0 Å². The fraction of sp³-hybridized carbons (Fsp3) is 0.250. The van der Waals surface area contributed by atoms with E-state index in [2.05, 4.69) is 0 Å². The number of rotatable bonds is 8. The van der Waals surface area contributed by atoms with Gasteiger partial charge in [-0.15, -0.1) is 0 Å². The number of halogens is 48. The van der Waals surface area contributed by atoms with Crippen molar-refractivity contribution < 1.29 is 230 Å². The van der Waals surface area contributed by atoms with E-state index in [9.17, 15) is 211 Å². The van der Waals surface area contributed by atoms with Gasteiger partial charge in [-0.05, 0) is 48.5 Å². The van der Waals surface area contributed by atoms with Gasteiger partial charge >= 0.3 is 118 Å². The SMILES string of the molecule is FC(F)(F)c1cc([B-](c2cc(C(F)(F)F)cc(C(F)(F)F)c2)(c2cc(C(F)(F)F)cc(C(F)(F)F)c2)c2cc(C(F)(F)F)cc(C(F)(F)F)c2)cc(C(F)(F)F)c1.FC(F)(F)c1cc([B-](c2cc(C(F)(F)F)cc(C(F)(F)F)c2)(c2cc(C(F)(F)F)cc(C(F)(F)F)c2)c2cc(C(F)(F)F)cc(C(F)(F)F)c2)cc(C(F)(F)F)c1.[Zn+2]. The van der Waals surface area contributed by atoms with Crippen LogP contribution in [0.1, 0.15) is 89.0 Å². The summed E-state index contributed by atoms with van der Waals surface area (Å²) in [6.07, 6.45) is -110. The Hall–Kier alpha value is -8.85. The first kappa shape index (κ1) is 95.0. The van der Waals surface area contributed by atoms with E-state index in [4.69, 9.17) is 0 Å². The van der Waals surface area contributed by atoms with Crippen LogP contribution in [0.25, 0.3) is 0 Å². The van der Waals surface area contributed by atoms with Gasteiger partial charge in [0.15, 0.2) is 0 Å². The molecule has 8 rings (SSSR count). The summed E-state index contributed by atoms with van der Waals surface area (Å²) in [5.74, 6) is 0. The number of hydrogen-bond acceptors (Lipinski definition) is 0. The topological polar surface area (TPSA) is 0 Å². The summed E-state index contributed by atoms with van der Waals surface area (Å²) in [4.78, 5) is 0. The Kier molecular flexibility index (Phi) is 24.7. The molecule has 0 bridgehead atoms. The summed E-state index contributed by atoms with van der Waals surface area (Å²) >= 11 is 0. The van der Waals surface area contributed by atoms with Crippen LogP contribution in [-0.4, -0.2) is 12.3 Å². The van der Waals surface area contributed by atoms with Crippen LogP contribution in [0.3, 0.4) is 0 Å². The summed E-state index contributed by atoms with van der Waals surface area (Å²) in [5, 5.41) is 0. The van der Waals surface area contributed by atoms with Crippen molar-refractivity contribution in [3.05, 3.63) is 235 Å². The first-order valence-electron chi connectivity index (χ1n) is 29.2. The van der Waals surface area contributed by atoms with Crippen LogP contribution >= 0.6 is 0 Å². The summed E-state index contributed by atoms with van der Waals surface area (Å²) < 4.78 is 682. The van der Waals surface area contributed by atoms with Crippen LogP contribution in [0.4, 0.5) is 211 Å². The van der Waals surface area contributed by atoms with Crippen LogP contribution in [0, 0.1) is 0 Å². The fourth-order valence-corrected chi connectivity index (χ4v) is 12.1. The van der Waals surface area contributed by atoms with Crippen LogP contribution < -0.4 is 43.7 Å². The molecule has 0 saturated carbocycles. The van der Waals surface area contributed by atoms with E-state index in [0.717, 1.165) is 0 Å². The van der Waals surface area contributed by atoms with Crippen LogP contribution in [0.2, 0.25) is 0 Å². The molecule has 0 spiro atoms. The molecule has 0 unspecified atom stereocenters. The Bertz CT molecular complexity index is 3710. The third-order valence-electron chi connectivity index (χ3n) is 16.9. The van der Waals surface area contributed by atoms with Crippen molar-refractivity contribution in [2.75, 3.05) is 0 Å². The van der Waals surface area contributed by atoms with E-state index in [1.165, 1.54) is 0 Å². The molecule has 0 fully saturated rings. The number of alkyl halides is 48. The smallest absolute Gasteiger partial charge is 0.194 e. The minimum Gasteiger partial charge on any atom is -0.194 e.